The number of amides is 1. The fourth-order valence-corrected chi connectivity index (χ4v) is 4.84. The van der Waals surface area contributed by atoms with Crippen LogP contribution in [-0.4, -0.2) is 62.2 Å². The first-order chi connectivity index (χ1) is 18.2. The number of hydrogen-bond acceptors (Lipinski definition) is 6. The van der Waals surface area contributed by atoms with Crippen molar-refractivity contribution in [2.75, 3.05) is 42.9 Å². The molecule has 1 saturated heterocycles. The van der Waals surface area contributed by atoms with Gasteiger partial charge in [-0.1, -0.05) is 35.9 Å². The van der Waals surface area contributed by atoms with Crippen LogP contribution in [0.3, 0.4) is 0 Å². The molecule has 5 rings (SSSR count). The Kier molecular flexibility index (Phi) is 7.04. The highest BCUT2D eigenvalue weighted by atomic mass is 35.5. The molecule has 1 aliphatic rings. The zero-order valence-electron chi connectivity index (χ0n) is 21.0. The molecule has 3 heterocycles. The van der Waals surface area contributed by atoms with Crippen molar-refractivity contribution in [2.45, 2.75) is 6.54 Å². The highest BCUT2D eigenvalue weighted by molar-refractivity contribution is 6.33. The van der Waals surface area contributed by atoms with Gasteiger partial charge in [0.15, 0.2) is 11.2 Å². The first-order valence-corrected chi connectivity index (χ1v) is 12.5. The minimum atomic E-state index is -0.463. The number of rotatable bonds is 6. The van der Waals surface area contributed by atoms with Crippen molar-refractivity contribution in [3.8, 4) is 0 Å². The summed E-state index contributed by atoms with van der Waals surface area (Å²) in [5.41, 5.74) is 1.04. The zero-order chi connectivity index (χ0) is 27.0. The smallest absolute Gasteiger partial charge is 0.332 e. The number of aromatic nitrogens is 4. The maximum absolute atomic E-state index is 13.5. The molecule has 12 heteroatoms. The lowest BCUT2D eigenvalue weighted by Gasteiger charge is -2.35. The summed E-state index contributed by atoms with van der Waals surface area (Å²) < 4.78 is 17.7. The number of benzene rings is 2. The Balaban J connectivity index is 1.39. The van der Waals surface area contributed by atoms with Crippen LogP contribution in [0.1, 0.15) is 5.56 Å². The van der Waals surface area contributed by atoms with Gasteiger partial charge in [-0.2, -0.15) is 4.98 Å². The second kappa shape index (κ2) is 10.4. The van der Waals surface area contributed by atoms with E-state index >= 15 is 0 Å². The number of hydrogen-bond donors (Lipinski definition) is 1. The summed E-state index contributed by atoms with van der Waals surface area (Å²) >= 11 is 6.15. The molecule has 2 aromatic carbocycles. The van der Waals surface area contributed by atoms with Gasteiger partial charge in [-0.15, -0.1) is 0 Å². The lowest BCUT2D eigenvalue weighted by molar-refractivity contribution is -0.117. The SMILES string of the molecule is Cn1c(=O)c2c(nc(N3CCN(CC(=O)Nc4ccccc4Cl)CC3)n2Cc2ccc(F)cc2)n(C)c1=O. The molecule has 10 nitrogen and oxygen atoms in total. The van der Waals surface area contributed by atoms with Gasteiger partial charge in [0.2, 0.25) is 11.9 Å². The van der Waals surface area contributed by atoms with E-state index in [0.29, 0.717) is 48.4 Å². The molecule has 2 aromatic heterocycles. The molecule has 0 radical (unpaired) electrons. The van der Waals surface area contributed by atoms with Gasteiger partial charge < -0.3 is 10.2 Å². The summed E-state index contributed by atoms with van der Waals surface area (Å²) in [6.45, 7) is 2.78. The summed E-state index contributed by atoms with van der Waals surface area (Å²) in [7, 11) is 3.02. The molecule has 4 aromatic rings. The molecule has 1 fully saturated rings. The third kappa shape index (κ3) is 4.94. The predicted molar refractivity (Wildman–Crippen MR) is 144 cm³/mol. The van der Waals surface area contributed by atoms with E-state index in [2.05, 4.69) is 5.32 Å². The van der Waals surface area contributed by atoms with E-state index in [0.717, 1.165) is 10.1 Å². The Hall–Kier alpha value is -3.96. The van der Waals surface area contributed by atoms with Crippen molar-refractivity contribution in [3.63, 3.8) is 0 Å². The minimum Gasteiger partial charge on any atom is -0.340 e. The number of halogens is 2. The minimum absolute atomic E-state index is 0.159. The molecule has 38 heavy (non-hydrogen) atoms. The van der Waals surface area contributed by atoms with Crippen LogP contribution in [0.25, 0.3) is 11.2 Å². The van der Waals surface area contributed by atoms with E-state index in [1.807, 2.05) is 9.80 Å². The molecular formula is C26H27ClFN7O3. The molecule has 1 aliphatic heterocycles. The zero-order valence-corrected chi connectivity index (χ0v) is 21.8. The van der Waals surface area contributed by atoms with Crippen LogP contribution in [0.4, 0.5) is 16.0 Å². The number of piperazine rings is 1. The van der Waals surface area contributed by atoms with Gasteiger partial charge in [0.05, 0.1) is 23.8 Å². The van der Waals surface area contributed by atoms with Gasteiger partial charge >= 0.3 is 5.69 Å². The molecule has 1 N–H and O–H groups in total. The molecule has 0 spiro atoms. The number of carbonyl (C=O) groups excluding carboxylic acids is 1. The fraction of sp³-hybridized carbons (Fsp3) is 0.308. The van der Waals surface area contributed by atoms with Crippen LogP contribution in [0.5, 0.6) is 0 Å². The van der Waals surface area contributed by atoms with Crippen molar-refractivity contribution in [1.29, 1.82) is 0 Å². The Morgan fingerprint density at radius 2 is 1.68 bits per heavy atom. The second-order valence-corrected chi connectivity index (χ2v) is 9.70. The molecule has 0 bridgehead atoms. The van der Waals surface area contributed by atoms with E-state index < -0.39 is 11.2 Å². The van der Waals surface area contributed by atoms with Crippen LogP contribution < -0.4 is 21.5 Å². The van der Waals surface area contributed by atoms with Crippen LogP contribution in [0.15, 0.2) is 58.1 Å². The summed E-state index contributed by atoms with van der Waals surface area (Å²) in [6.07, 6.45) is 0. The maximum atomic E-state index is 13.5. The Bertz CT molecular complexity index is 1620. The Morgan fingerprint density at radius 1 is 1.00 bits per heavy atom. The number of nitrogens with one attached hydrogen (secondary N) is 1. The van der Waals surface area contributed by atoms with E-state index in [1.54, 1.807) is 48.0 Å². The maximum Gasteiger partial charge on any atom is 0.332 e. The van der Waals surface area contributed by atoms with Crippen molar-refractivity contribution in [1.82, 2.24) is 23.6 Å². The van der Waals surface area contributed by atoms with Gasteiger partial charge in [-0.25, -0.2) is 9.18 Å². The van der Waals surface area contributed by atoms with E-state index in [4.69, 9.17) is 16.6 Å². The van der Waals surface area contributed by atoms with Crippen molar-refractivity contribution < 1.29 is 9.18 Å². The van der Waals surface area contributed by atoms with Crippen LogP contribution >= 0.6 is 11.6 Å². The lowest BCUT2D eigenvalue weighted by atomic mass is 10.2. The summed E-state index contributed by atoms with van der Waals surface area (Å²) in [4.78, 5) is 47.1. The Labute approximate surface area is 222 Å². The van der Waals surface area contributed by atoms with Gasteiger partial charge in [0, 0.05) is 40.3 Å². The topological polar surface area (TPSA) is 97.4 Å². The predicted octanol–water partition coefficient (Wildman–Crippen LogP) is 2.04. The normalized spacial score (nSPS) is 14.3. The van der Waals surface area contributed by atoms with Crippen LogP contribution in [0, 0.1) is 5.82 Å². The monoisotopic (exact) mass is 539 g/mol. The van der Waals surface area contributed by atoms with E-state index in [1.165, 1.54) is 23.7 Å². The highest BCUT2D eigenvalue weighted by Gasteiger charge is 2.26. The number of aryl methyl sites for hydroxylation is 1. The fourth-order valence-electron chi connectivity index (χ4n) is 4.66. The average molecular weight is 540 g/mol. The number of nitrogens with zero attached hydrogens (tertiary/aromatic N) is 6. The molecular weight excluding hydrogens is 513 g/mol. The Morgan fingerprint density at radius 3 is 2.37 bits per heavy atom. The van der Waals surface area contributed by atoms with Gasteiger partial charge in [-0.05, 0) is 29.8 Å². The van der Waals surface area contributed by atoms with Gasteiger partial charge in [-0.3, -0.25) is 28.2 Å². The number of anilines is 2. The van der Waals surface area contributed by atoms with Crippen LogP contribution in [0.2, 0.25) is 5.02 Å². The first-order valence-electron chi connectivity index (χ1n) is 12.2. The summed E-state index contributed by atoms with van der Waals surface area (Å²) in [5.74, 6) is 0.0360. The van der Waals surface area contributed by atoms with Crippen molar-refractivity contribution in [3.05, 3.63) is 85.8 Å². The third-order valence-corrected chi connectivity index (χ3v) is 7.08. The molecule has 0 atom stereocenters. The molecule has 198 valence electrons. The second-order valence-electron chi connectivity index (χ2n) is 9.29. The van der Waals surface area contributed by atoms with E-state index in [9.17, 15) is 18.8 Å². The highest BCUT2D eigenvalue weighted by Crippen LogP contribution is 2.23. The summed E-state index contributed by atoms with van der Waals surface area (Å²) in [6, 6.07) is 13.1. The van der Waals surface area contributed by atoms with Crippen molar-refractivity contribution >= 4 is 40.3 Å². The molecule has 1 amide bonds. The van der Waals surface area contributed by atoms with Gasteiger partial charge in [0.25, 0.3) is 5.56 Å². The number of imidazole rings is 1. The molecule has 0 aliphatic carbocycles. The largest absolute Gasteiger partial charge is 0.340 e. The summed E-state index contributed by atoms with van der Waals surface area (Å²) in [5, 5.41) is 3.32. The standard InChI is InChI=1S/C26H27ClFN7O3/c1-31-23-22(24(37)32(2)26(31)38)35(15-17-7-9-18(28)10-8-17)25(30-23)34-13-11-33(12-14-34)16-21(36)29-20-6-4-3-5-19(20)27/h3-10H,11-16H2,1-2H3,(H,29,36). The van der Waals surface area contributed by atoms with Crippen molar-refractivity contribution in [2.24, 2.45) is 14.1 Å². The lowest BCUT2D eigenvalue weighted by Crippen LogP contribution is -2.49. The quantitative estimate of drug-likeness (QED) is 0.403. The first kappa shape index (κ1) is 25.7. The number of fused-ring (bicyclic) bond motifs is 1. The average Bonchev–Trinajstić information content (AvgIpc) is 3.28. The van der Waals surface area contributed by atoms with Crippen LogP contribution in [-0.2, 0) is 25.4 Å². The molecule has 0 saturated carbocycles. The van der Waals surface area contributed by atoms with Gasteiger partial charge in [0.1, 0.15) is 5.82 Å². The van der Waals surface area contributed by atoms with E-state index in [-0.39, 0.29) is 30.5 Å². The third-order valence-electron chi connectivity index (χ3n) is 6.75. The number of carbonyl (C=O) groups is 1. The number of para-hydroxylation sites is 1. The molecule has 0 unspecified atom stereocenters.